The predicted molar refractivity (Wildman–Crippen MR) is 88.4 cm³/mol. The van der Waals surface area contributed by atoms with Crippen molar-refractivity contribution in [2.75, 3.05) is 38.5 Å². The Labute approximate surface area is 138 Å². The second kappa shape index (κ2) is 6.38. The third-order valence-corrected chi connectivity index (χ3v) is 4.84. The molecule has 118 valence electrons. The molecule has 1 heterocycles. The van der Waals surface area contributed by atoms with Crippen molar-refractivity contribution in [3.05, 3.63) is 28.7 Å². The molecule has 2 unspecified atom stereocenters. The minimum Gasteiger partial charge on any atom is -0.340 e. The Bertz CT molecular complexity index is 585. The summed E-state index contributed by atoms with van der Waals surface area (Å²) < 4.78 is 0.922. The van der Waals surface area contributed by atoms with Crippen LogP contribution >= 0.6 is 15.9 Å². The number of rotatable bonds is 3. The highest BCUT2D eigenvalue weighted by Gasteiger charge is 2.49. The first-order valence-electron chi connectivity index (χ1n) is 7.58. The third kappa shape index (κ3) is 3.50. The average molecular weight is 366 g/mol. The molecular weight excluding hydrogens is 346 g/mol. The molecule has 2 fully saturated rings. The molecule has 22 heavy (non-hydrogen) atoms. The molecule has 3 rings (SSSR count). The highest BCUT2D eigenvalue weighted by Crippen LogP contribution is 2.41. The van der Waals surface area contributed by atoms with Gasteiger partial charge < -0.3 is 15.1 Å². The number of likely N-dealkylation sites (N-methyl/N-ethyl adjacent to an activating group) is 1. The Hall–Kier alpha value is -1.40. The Morgan fingerprint density at radius 3 is 2.59 bits per heavy atom. The number of carbonyl (C=O) groups excluding carboxylic acids is 2. The maximum absolute atomic E-state index is 12.4. The van der Waals surface area contributed by atoms with Gasteiger partial charge in [0, 0.05) is 36.3 Å². The monoisotopic (exact) mass is 365 g/mol. The van der Waals surface area contributed by atoms with Crippen LogP contribution in [-0.2, 0) is 9.59 Å². The van der Waals surface area contributed by atoms with Gasteiger partial charge in [-0.2, -0.15) is 0 Å². The third-order valence-electron chi connectivity index (χ3n) is 4.35. The summed E-state index contributed by atoms with van der Waals surface area (Å²) >= 11 is 3.38. The Morgan fingerprint density at radius 2 is 1.91 bits per heavy atom. The number of halogens is 1. The Kier molecular flexibility index (Phi) is 4.49. The molecule has 5 nitrogen and oxygen atoms in total. The van der Waals surface area contributed by atoms with E-state index in [1.165, 1.54) is 0 Å². The first-order valence-corrected chi connectivity index (χ1v) is 8.37. The number of anilines is 1. The molecule has 0 spiro atoms. The van der Waals surface area contributed by atoms with Gasteiger partial charge in [0.1, 0.15) is 0 Å². The van der Waals surface area contributed by atoms with Crippen LogP contribution in [0.15, 0.2) is 28.7 Å². The number of benzene rings is 1. The van der Waals surface area contributed by atoms with E-state index in [4.69, 9.17) is 0 Å². The topological polar surface area (TPSA) is 52.7 Å². The van der Waals surface area contributed by atoms with Crippen molar-refractivity contribution in [3.8, 4) is 0 Å². The molecule has 1 aliphatic heterocycles. The van der Waals surface area contributed by atoms with E-state index in [-0.39, 0.29) is 23.7 Å². The molecule has 0 bridgehead atoms. The number of nitrogens with one attached hydrogen (secondary N) is 1. The summed E-state index contributed by atoms with van der Waals surface area (Å²) in [4.78, 5) is 28.8. The SMILES string of the molecule is CN1CCN(C(=O)C2CC2C(=O)Nc2cccc(Br)c2)CC1. The zero-order valence-electron chi connectivity index (χ0n) is 12.6. The molecule has 0 radical (unpaired) electrons. The van der Waals surface area contributed by atoms with Crippen LogP contribution in [0, 0.1) is 11.8 Å². The van der Waals surface area contributed by atoms with Crippen LogP contribution in [-0.4, -0.2) is 54.8 Å². The fourth-order valence-corrected chi connectivity index (χ4v) is 3.22. The zero-order valence-corrected chi connectivity index (χ0v) is 14.2. The van der Waals surface area contributed by atoms with Crippen molar-refractivity contribution in [2.45, 2.75) is 6.42 Å². The second-order valence-corrected chi connectivity index (χ2v) is 6.99. The molecule has 1 aromatic carbocycles. The lowest BCUT2D eigenvalue weighted by Crippen LogP contribution is -2.48. The molecular formula is C16H20BrN3O2. The molecule has 1 aromatic rings. The average Bonchev–Trinajstić information content (AvgIpc) is 3.28. The van der Waals surface area contributed by atoms with Crippen LogP contribution in [0.25, 0.3) is 0 Å². The van der Waals surface area contributed by atoms with Gasteiger partial charge in [-0.1, -0.05) is 22.0 Å². The molecule has 2 amide bonds. The van der Waals surface area contributed by atoms with Crippen molar-refractivity contribution in [1.82, 2.24) is 9.80 Å². The molecule has 1 aliphatic carbocycles. The number of hydrogen-bond donors (Lipinski definition) is 1. The summed E-state index contributed by atoms with van der Waals surface area (Å²) in [6, 6.07) is 7.49. The van der Waals surface area contributed by atoms with Gasteiger partial charge in [-0.05, 0) is 31.7 Å². The molecule has 6 heteroatoms. The van der Waals surface area contributed by atoms with E-state index in [9.17, 15) is 9.59 Å². The molecule has 0 aromatic heterocycles. The number of carbonyl (C=O) groups is 2. The number of hydrogen-bond acceptors (Lipinski definition) is 3. The second-order valence-electron chi connectivity index (χ2n) is 6.08. The van der Waals surface area contributed by atoms with Gasteiger partial charge in [0.15, 0.2) is 0 Å². The number of amides is 2. The highest BCUT2D eigenvalue weighted by atomic mass is 79.9. The molecule has 2 atom stereocenters. The van der Waals surface area contributed by atoms with Crippen molar-refractivity contribution >= 4 is 33.4 Å². The van der Waals surface area contributed by atoms with Gasteiger partial charge in [0.05, 0.1) is 11.8 Å². The van der Waals surface area contributed by atoms with Gasteiger partial charge in [-0.3, -0.25) is 9.59 Å². The largest absolute Gasteiger partial charge is 0.340 e. The van der Waals surface area contributed by atoms with Crippen LogP contribution in [0.2, 0.25) is 0 Å². The fraction of sp³-hybridized carbons (Fsp3) is 0.500. The van der Waals surface area contributed by atoms with Gasteiger partial charge in [0.25, 0.3) is 0 Å². The molecule has 1 N–H and O–H groups in total. The Balaban J connectivity index is 1.53. The summed E-state index contributed by atoms with van der Waals surface area (Å²) in [5.41, 5.74) is 0.761. The van der Waals surface area contributed by atoms with E-state index in [0.29, 0.717) is 6.42 Å². The van der Waals surface area contributed by atoms with E-state index >= 15 is 0 Å². The molecule has 1 saturated carbocycles. The lowest BCUT2D eigenvalue weighted by atomic mass is 10.2. The minimum absolute atomic E-state index is 0.0504. The lowest BCUT2D eigenvalue weighted by Gasteiger charge is -2.32. The maximum Gasteiger partial charge on any atom is 0.228 e. The first kappa shape index (κ1) is 15.5. The summed E-state index contributed by atoms with van der Waals surface area (Å²) in [7, 11) is 2.06. The van der Waals surface area contributed by atoms with Gasteiger partial charge in [0.2, 0.25) is 11.8 Å². The predicted octanol–water partition coefficient (Wildman–Crippen LogP) is 1.80. The summed E-state index contributed by atoms with van der Waals surface area (Å²) in [5.74, 6) is -0.213. The fourth-order valence-electron chi connectivity index (χ4n) is 2.82. The number of nitrogens with zero attached hydrogens (tertiary/aromatic N) is 2. The van der Waals surface area contributed by atoms with Crippen molar-refractivity contribution in [3.63, 3.8) is 0 Å². The summed E-state index contributed by atoms with van der Waals surface area (Å²) in [6.07, 6.45) is 0.672. The van der Waals surface area contributed by atoms with Gasteiger partial charge in [-0.25, -0.2) is 0 Å². The summed E-state index contributed by atoms with van der Waals surface area (Å²) in [5, 5.41) is 2.89. The van der Waals surface area contributed by atoms with Crippen LogP contribution in [0.5, 0.6) is 0 Å². The Morgan fingerprint density at radius 1 is 1.18 bits per heavy atom. The quantitative estimate of drug-likeness (QED) is 0.888. The van der Waals surface area contributed by atoms with Crippen LogP contribution in [0.1, 0.15) is 6.42 Å². The molecule has 2 aliphatic rings. The van der Waals surface area contributed by atoms with E-state index < -0.39 is 0 Å². The zero-order chi connectivity index (χ0) is 15.7. The van der Waals surface area contributed by atoms with Crippen molar-refractivity contribution in [2.24, 2.45) is 11.8 Å². The normalized spacial score (nSPS) is 24.9. The standard InChI is InChI=1S/C16H20BrN3O2/c1-19-5-7-20(8-6-19)16(22)14-10-13(14)15(21)18-12-4-2-3-11(17)9-12/h2-4,9,13-14H,5-8,10H2,1H3,(H,18,21). The van der Waals surface area contributed by atoms with Crippen LogP contribution in [0.4, 0.5) is 5.69 Å². The smallest absolute Gasteiger partial charge is 0.228 e. The highest BCUT2D eigenvalue weighted by molar-refractivity contribution is 9.10. The first-order chi connectivity index (χ1) is 10.5. The lowest BCUT2D eigenvalue weighted by molar-refractivity contribution is -0.135. The van der Waals surface area contributed by atoms with E-state index in [1.807, 2.05) is 29.2 Å². The van der Waals surface area contributed by atoms with E-state index in [1.54, 1.807) is 0 Å². The maximum atomic E-state index is 12.4. The van der Waals surface area contributed by atoms with Crippen LogP contribution < -0.4 is 5.32 Å². The van der Waals surface area contributed by atoms with Gasteiger partial charge >= 0.3 is 0 Å². The minimum atomic E-state index is -0.175. The van der Waals surface area contributed by atoms with Crippen LogP contribution in [0.3, 0.4) is 0 Å². The van der Waals surface area contributed by atoms with E-state index in [2.05, 4.69) is 33.2 Å². The van der Waals surface area contributed by atoms with Gasteiger partial charge in [-0.15, -0.1) is 0 Å². The van der Waals surface area contributed by atoms with E-state index in [0.717, 1.165) is 36.3 Å². The summed E-state index contributed by atoms with van der Waals surface area (Å²) in [6.45, 7) is 3.36. The van der Waals surface area contributed by atoms with Crippen molar-refractivity contribution in [1.29, 1.82) is 0 Å². The number of piperazine rings is 1. The molecule has 1 saturated heterocycles. The van der Waals surface area contributed by atoms with Crippen molar-refractivity contribution < 1.29 is 9.59 Å².